The van der Waals surface area contributed by atoms with E-state index in [0.29, 0.717) is 24.6 Å². The molecule has 0 radical (unpaired) electrons. The molecule has 0 bridgehead atoms. The first-order valence-electron chi connectivity index (χ1n) is 9.09. The lowest BCUT2D eigenvalue weighted by Crippen LogP contribution is -2.36. The van der Waals surface area contributed by atoms with Gasteiger partial charge in [0.25, 0.3) is 5.91 Å². The highest BCUT2D eigenvalue weighted by atomic mass is 16.4. The van der Waals surface area contributed by atoms with Crippen molar-refractivity contribution in [2.45, 2.75) is 46.7 Å². The van der Waals surface area contributed by atoms with Crippen LogP contribution in [0.1, 0.15) is 58.3 Å². The number of fused-ring (bicyclic) bond motifs is 1. The van der Waals surface area contributed by atoms with Gasteiger partial charge in [-0.2, -0.15) is 5.10 Å². The number of carboxylic acids is 1. The molecule has 1 aromatic carbocycles. The van der Waals surface area contributed by atoms with Crippen LogP contribution in [-0.2, 0) is 25.9 Å². The normalized spacial score (nSPS) is 13.8. The molecule has 138 valence electrons. The Balaban J connectivity index is 1.84. The van der Waals surface area contributed by atoms with Gasteiger partial charge in [0.15, 0.2) is 0 Å². The summed E-state index contributed by atoms with van der Waals surface area (Å²) in [6, 6.07) is 5.17. The number of amides is 1. The van der Waals surface area contributed by atoms with Gasteiger partial charge in [-0.05, 0) is 42.0 Å². The van der Waals surface area contributed by atoms with E-state index < -0.39 is 5.97 Å². The molecule has 3 rings (SSSR count). The quantitative estimate of drug-likeness (QED) is 0.895. The van der Waals surface area contributed by atoms with Crippen molar-refractivity contribution >= 4 is 11.9 Å². The average Bonchev–Trinajstić information content (AvgIpc) is 3.01. The first-order valence-corrected chi connectivity index (χ1v) is 9.09. The van der Waals surface area contributed by atoms with E-state index in [9.17, 15) is 14.7 Å². The van der Waals surface area contributed by atoms with Crippen LogP contribution in [0.25, 0.3) is 0 Å². The van der Waals surface area contributed by atoms with Crippen molar-refractivity contribution in [3.63, 3.8) is 0 Å². The molecule has 0 unspecified atom stereocenters. The molecule has 1 N–H and O–H groups in total. The van der Waals surface area contributed by atoms with Crippen LogP contribution < -0.4 is 0 Å². The number of aromatic carboxylic acids is 1. The van der Waals surface area contributed by atoms with Gasteiger partial charge in [-0.15, -0.1) is 0 Å². The van der Waals surface area contributed by atoms with Crippen molar-refractivity contribution in [2.24, 2.45) is 5.92 Å². The van der Waals surface area contributed by atoms with Crippen LogP contribution in [0, 0.1) is 5.92 Å². The van der Waals surface area contributed by atoms with Crippen LogP contribution in [0.4, 0.5) is 0 Å². The van der Waals surface area contributed by atoms with Gasteiger partial charge in [-0.3, -0.25) is 9.48 Å². The Kier molecular flexibility index (Phi) is 5.11. The number of benzene rings is 1. The van der Waals surface area contributed by atoms with Crippen molar-refractivity contribution in [2.75, 3.05) is 6.54 Å². The average molecular weight is 355 g/mol. The zero-order valence-electron chi connectivity index (χ0n) is 15.5. The fourth-order valence-corrected chi connectivity index (χ4v) is 3.50. The number of hydrogen-bond acceptors (Lipinski definition) is 3. The molecular formula is C20H25N3O3. The maximum Gasteiger partial charge on any atom is 0.335 e. The summed E-state index contributed by atoms with van der Waals surface area (Å²) >= 11 is 0. The second-order valence-electron chi connectivity index (χ2n) is 7.20. The first-order chi connectivity index (χ1) is 12.4. The fraction of sp³-hybridized carbons (Fsp3) is 0.450. The van der Waals surface area contributed by atoms with Crippen molar-refractivity contribution in [1.82, 2.24) is 14.7 Å². The lowest BCUT2D eigenvalue weighted by atomic mass is 9.97. The van der Waals surface area contributed by atoms with Crippen molar-refractivity contribution < 1.29 is 14.7 Å². The Morgan fingerprint density at radius 3 is 2.69 bits per heavy atom. The van der Waals surface area contributed by atoms with Crippen molar-refractivity contribution in [3.8, 4) is 0 Å². The molecule has 0 fully saturated rings. The van der Waals surface area contributed by atoms with E-state index in [1.54, 1.807) is 23.2 Å². The van der Waals surface area contributed by atoms with E-state index >= 15 is 0 Å². The first kappa shape index (κ1) is 18.2. The number of hydrogen-bond donors (Lipinski definition) is 1. The van der Waals surface area contributed by atoms with Gasteiger partial charge < -0.3 is 10.0 Å². The maximum atomic E-state index is 13.1. The number of carbonyl (C=O) groups excluding carboxylic acids is 1. The molecule has 0 saturated heterocycles. The second-order valence-corrected chi connectivity index (χ2v) is 7.20. The lowest BCUT2D eigenvalue weighted by Gasteiger charge is -2.29. The zero-order chi connectivity index (χ0) is 18.8. The third-order valence-corrected chi connectivity index (χ3v) is 4.80. The third kappa shape index (κ3) is 3.49. The van der Waals surface area contributed by atoms with Gasteiger partial charge in [0.1, 0.15) is 0 Å². The summed E-state index contributed by atoms with van der Waals surface area (Å²) in [4.78, 5) is 26.1. The molecule has 26 heavy (non-hydrogen) atoms. The molecular weight excluding hydrogens is 330 g/mol. The highest BCUT2D eigenvalue weighted by Gasteiger charge is 2.26. The van der Waals surface area contributed by atoms with Gasteiger partial charge in [-0.1, -0.05) is 26.8 Å². The van der Waals surface area contributed by atoms with Crippen molar-refractivity contribution in [1.29, 1.82) is 0 Å². The molecule has 6 heteroatoms. The molecule has 1 amide bonds. The molecule has 1 aromatic heterocycles. The molecule has 0 aliphatic carbocycles. The number of carboxylic acid groups (broad SMARTS) is 1. The smallest absolute Gasteiger partial charge is 0.335 e. The van der Waals surface area contributed by atoms with Crippen LogP contribution >= 0.6 is 0 Å². The summed E-state index contributed by atoms with van der Waals surface area (Å²) < 4.78 is 1.93. The Morgan fingerprint density at radius 1 is 1.27 bits per heavy atom. The van der Waals surface area contributed by atoms with Crippen LogP contribution in [-0.4, -0.2) is 38.2 Å². The Morgan fingerprint density at radius 2 is 2.04 bits per heavy atom. The molecule has 0 spiro atoms. The van der Waals surface area contributed by atoms with E-state index in [1.807, 2.05) is 17.7 Å². The van der Waals surface area contributed by atoms with Crippen LogP contribution in [0.15, 0.2) is 24.4 Å². The largest absolute Gasteiger partial charge is 0.478 e. The number of aromatic nitrogens is 2. The van der Waals surface area contributed by atoms with E-state index in [-0.39, 0.29) is 11.5 Å². The van der Waals surface area contributed by atoms with E-state index in [2.05, 4.69) is 18.9 Å². The Hall–Kier alpha value is -2.63. The molecule has 0 saturated carbocycles. The molecule has 0 atom stereocenters. The van der Waals surface area contributed by atoms with Gasteiger partial charge in [-0.25, -0.2) is 4.79 Å². The van der Waals surface area contributed by atoms with Gasteiger partial charge >= 0.3 is 5.97 Å². The lowest BCUT2D eigenvalue weighted by molar-refractivity contribution is 0.0696. The van der Waals surface area contributed by atoms with Gasteiger partial charge in [0.2, 0.25) is 0 Å². The molecule has 1 aliphatic rings. The van der Waals surface area contributed by atoms with Crippen LogP contribution in [0.3, 0.4) is 0 Å². The van der Waals surface area contributed by atoms with Crippen molar-refractivity contribution in [3.05, 3.63) is 52.3 Å². The van der Waals surface area contributed by atoms with Crippen LogP contribution in [0.5, 0.6) is 0 Å². The monoisotopic (exact) mass is 355 g/mol. The minimum Gasteiger partial charge on any atom is -0.478 e. The zero-order valence-corrected chi connectivity index (χ0v) is 15.5. The predicted molar refractivity (Wildman–Crippen MR) is 98.3 cm³/mol. The summed E-state index contributed by atoms with van der Waals surface area (Å²) in [5.41, 5.74) is 3.92. The second kappa shape index (κ2) is 7.32. The summed E-state index contributed by atoms with van der Waals surface area (Å²) in [5, 5.41) is 13.6. The number of carbonyl (C=O) groups is 2. The minimum absolute atomic E-state index is 0.0248. The summed E-state index contributed by atoms with van der Waals surface area (Å²) in [5.74, 6) is -0.512. The molecule has 1 aliphatic heterocycles. The van der Waals surface area contributed by atoms with Gasteiger partial charge in [0.05, 0.1) is 23.0 Å². The molecule has 6 nitrogen and oxygen atoms in total. The Labute approximate surface area is 153 Å². The number of nitrogens with zero attached hydrogens (tertiary/aromatic N) is 3. The highest BCUT2D eigenvalue weighted by molar-refractivity contribution is 5.95. The third-order valence-electron chi connectivity index (χ3n) is 4.80. The SMILES string of the molecule is CCc1c(C(=O)N2CCc3ccc(C(=O)O)cc3C2)cnn1CC(C)C. The van der Waals surface area contributed by atoms with E-state index in [1.165, 1.54) is 0 Å². The standard InChI is InChI=1S/C20H25N3O3/c1-4-18-17(10-21-23(18)11-13(2)3)19(24)22-8-7-14-5-6-15(20(25)26)9-16(14)12-22/h5-6,9-10,13H,4,7-8,11-12H2,1-3H3,(H,25,26). The van der Waals surface area contributed by atoms with E-state index in [4.69, 9.17) is 0 Å². The van der Waals surface area contributed by atoms with Crippen LogP contribution in [0.2, 0.25) is 0 Å². The van der Waals surface area contributed by atoms with E-state index in [0.717, 1.165) is 36.2 Å². The summed E-state index contributed by atoms with van der Waals surface area (Å²) in [6.07, 6.45) is 3.16. The fourth-order valence-electron chi connectivity index (χ4n) is 3.50. The molecule has 2 heterocycles. The summed E-state index contributed by atoms with van der Waals surface area (Å²) in [6.45, 7) is 8.16. The number of rotatable bonds is 5. The minimum atomic E-state index is -0.945. The maximum absolute atomic E-state index is 13.1. The van der Waals surface area contributed by atoms with Gasteiger partial charge in [0, 0.05) is 19.6 Å². The predicted octanol–water partition coefficient (Wildman–Crippen LogP) is 3.00. The highest BCUT2D eigenvalue weighted by Crippen LogP contribution is 2.23. The summed E-state index contributed by atoms with van der Waals surface area (Å²) in [7, 11) is 0. The molecule has 2 aromatic rings. The topological polar surface area (TPSA) is 75.4 Å². The Bertz CT molecular complexity index is 839.